The summed E-state index contributed by atoms with van der Waals surface area (Å²) >= 11 is 0. The quantitative estimate of drug-likeness (QED) is 0.796. The molecule has 0 aliphatic carbocycles. The van der Waals surface area contributed by atoms with Gasteiger partial charge in [0.15, 0.2) is 0 Å². The van der Waals surface area contributed by atoms with Crippen LogP contribution >= 0.6 is 0 Å². The topological polar surface area (TPSA) is 66.8 Å². The predicted octanol–water partition coefficient (Wildman–Crippen LogP) is 0.574. The maximum Gasteiger partial charge on any atom is 0.328 e. The molecule has 1 heterocycles. The molecule has 5 nitrogen and oxygen atoms in total. The van der Waals surface area contributed by atoms with Crippen molar-refractivity contribution in [1.82, 2.24) is 4.90 Å². The summed E-state index contributed by atoms with van der Waals surface area (Å²) in [6, 6.07) is 4.66. The van der Waals surface area contributed by atoms with Crippen molar-refractivity contribution in [3.63, 3.8) is 0 Å². The number of amides is 1. The fourth-order valence-corrected chi connectivity index (χ4v) is 2.19. The van der Waals surface area contributed by atoms with E-state index < -0.39 is 29.8 Å². The van der Waals surface area contributed by atoms with Gasteiger partial charge in [0.1, 0.15) is 11.9 Å². The van der Waals surface area contributed by atoms with Crippen LogP contribution in [0.2, 0.25) is 0 Å². The molecule has 2 atom stereocenters. The molecule has 19 heavy (non-hydrogen) atoms. The molecule has 1 fully saturated rings. The second-order valence-electron chi connectivity index (χ2n) is 4.37. The molecule has 0 aromatic heterocycles. The van der Waals surface area contributed by atoms with Crippen LogP contribution in [-0.2, 0) is 9.53 Å². The van der Waals surface area contributed by atoms with Gasteiger partial charge in [-0.3, -0.25) is 4.79 Å². The van der Waals surface area contributed by atoms with Gasteiger partial charge in [0.2, 0.25) is 0 Å². The van der Waals surface area contributed by atoms with Crippen LogP contribution in [0.1, 0.15) is 16.8 Å². The molecule has 0 bridgehead atoms. The van der Waals surface area contributed by atoms with Gasteiger partial charge >= 0.3 is 5.97 Å². The highest BCUT2D eigenvalue weighted by atomic mass is 19.1. The number of aliphatic hydroxyl groups excluding tert-OH is 1. The largest absolute Gasteiger partial charge is 0.467 e. The van der Waals surface area contributed by atoms with Crippen LogP contribution in [0.15, 0.2) is 24.3 Å². The van der Waals surface area contributed by atoms with Gasteiger partial charge in [0.25, 0.3) is 5.91 Å². The van der Waals surface area contributed by atoms with Crippen LogP contribution in [-0.4, -0.2) is 47.7 Å². The molecule has 6 heteroatoms. The second-order valence-corrected chi connectivity index (χ2v) is 4.37. The SMILES string of the molecule is COC(=O)C1CC(O)CN1C(=O)c1ccccc1F. The number of carbonyl (C=O) groups is 2. The fourth-order valence-electron chi connectivity index (χ4n) is 2.19. The number of nitrogens with zero attached hydrogens (tertiary/aromatic N) is 1. The maximum atomic E-state index is 13.6. The van der Waals surface area contributed by atoms with Crippen molar-refractivity contribution in [2.24, 2.45) is 0 Å². The maximum absolute atomic E-state index is 13.6. The lowest BCUT2D eigenvalue weighted by Crippen LogP contribution is -2.41. The Morgan fingerprint density at radius 2 is 2.11 bits per heavy atom. The van der Waals surface area contributed by atoms with Gasteiger partial charge in [-0.15, -0.1) is 0 Å². The molecule has 1 aromatic carbocycles. The summed E-state index contributed by atoms with van der Waals surface area (Å²) in [5.74, 6) is -1.89. The molecule has 0 saturated carbocycles. The van der Waals surface area contributed by atoms with Gasteiger partial charge < -0.3 is 14.7 Å². The third-order valence-corrected chi connectivity index (χ3v) is 3.12. The van der Waals surface area contributed by atoms with Crippen molar-refractivity contribution in [3.8, 4) is 0 Å². The normalized spacial score (nSPS) is 22.4. The van der Waals surface area contributed by atoms with Gasteiger partial charge in [-0.25, -0.2) is 9.18 Å². The zero-order valence-electron chi connectivity index (χ0n) is 10.4. The Hall–Kier alpha value is -1.95. The number of methoxy groups -OCH3 is 1. The lowest BCUT2D eigenvalue weighted by atomic mass is 10.1. The fraction of sp³-hybridized carbons (Fsp3) is 0.385. The smallest absolute Gasteiger partial charge is 0.328 e. The Bertz CT molecular complexity index is 505. The zero-order chi connectivity index (χ0) is 14.0. The van der Waals surface area contributed by atoms with Crippen LogP contribution in [0.25, 0.3) is 0 Å². The zero-order valence-corrected chi connectivity index (χ0v) is 10.4. The minimum absolute atomic E-state index is 0.00701. The van der Waals surface area contributed by atoms with Crippen molar-refractivity contribution in [1.29, 1.82) is 0 Å². The number of benzene rings is 1. The lowest BCUT2D eigenvalue weighted by molar-refractivity contribution is -0.145. The van der Waals surface area contributed by atoms with Gasteiger partial charge in [-0.1, -0.05) is 12.1 Å². The molecular formula is C13H14FNO4. The highest BCUT2D eigenvalue weighted by Gasteiger charge is 2.40. The van der Waals surface area contributed by atoms with E-state index in [4.69, 9.17) is 0 Å². The number of hydrogen-bond acceptors (Lipinski definition) is 4. The van der Waals surface area contributed by atoms with E-state index in [9.17, 15) is 19.1 Å². The molecule has 2 unspecified atom stereocenters. The van der Waals surface area contributed by atoms with Gasteiger partial charge in [-0.05, 0) is 12.1 Å². The van der Waals surface area contributed by atoms with E-state index in [1.807, 2.05) is 0 Å². The third kappa shape index (κ3) is 2.58. The number of aliphatic hydroxyl groups is 1. The Labute approximate surface area is 109 Å². The minimum Gasteiger partial charge on any atom is -0.467 e. The minimum atomic E-state index is -0.868. The third-order valence-electron chi connectivity index (χ3n) is 3.12. The highest BCUT2D eigenvalue weighted by molar-refractivity contribution is 5.97. The van der Waals surface area contributed by atoms with E-state index in [-0.39, 0.29) is 18.5 Å². The van der Waals surface area contributed by atoms with Gasteiger partial charge in [-0.2, -0.15) is 0 Å². The Morgan fingerprint density at radius 1 is 1.42 bits per heavy atom. The van der Waals surface area contributed by atoms with E-state index in [0.29, 0.717) is 0 Å². The van der Waals surface area contributed by atoms with Crippen LogP contribution in [0.5, 0.6) is 0 Å². The second kappa shape index (κ2) is 5.36. The van der Waals surface area contributed by atoms with E-state index >= 15 is 0 Å². The van der Waals surface area contributed by atoms with Crippen molar-refractivity contribution in [2.45, 2.75) is 18.6 Å². The average Bonchev–Trinajstić information content (AvgIpc) is 2.79. The standard InChI is InChI=1S/C13H14FNO4/c1-19-13(18)11-6-8(16)7-15(11)12(17)9-4-2-3-5-10(9)14/h2-5,8,11,16H,6-7H2,1H3. The summed E-state index contributed by atoms with van der Waals surface area (Å²) in [5, 5.41) is 9.58. The van der Waals surface area contributed by atoms with Gasteiger partial charge in [0.05, 0.1) is 18.8 Å². The number of rotatable bonds is 2. The first-order valence-electron chi connectivity index (χ1n) is 5.86. The van der Waals surface area contributed by atoms with E-state index in [1.165, 1.54) is 31.4 Å². The number of carbonyl (C=O) groups excluding carboxylic acids is 2. The summed E-state index contributed by atoms with van der Waals surface area (Å²) in [5.41, 5.74) is -0.120. The molecule has 0 radical (unpaired) electrons. The molecule has 1 amide bonds. The molecule has 2 rings (SSSR count). The molecule has 1 saturated heterocycles. The van der Waals surface area contributed by atoms with Crippen molar-refractivity contribution >= 4 is 11.9 Å². The molecule has 1 aliphatic heterocycles. The first-order valence-corrected chi connectivity index (χ1v) is 5.86. The monoisotopic (exact) mass is 267 g/mol. The summed E-state index contributed by atoms with van der Waals surface area (Å²) in [6.45, 7) is -0.00701. The first-order chi connectivity index (χ1) is 9.04. The number of hydrogen-bond donors (Lipinski definition) is 1. The van der Waals surface area contributed by atoms with Crippen LogP contribution in [0.3, 0.4) is 0 Å². The molecule has 102 valence electrons. The van der Waals surface area contributed by atoms with Crippen molar-refractivity contribution < 1.29 is 23.8 Å². The number of ether oxygens (including phenoxy) is 1. The number of likely N-dealkylation sites (tertiary alicyclic amines) is 1. The first kappa shape index (κ1) is 13.5. The molecule has 1 N–H and O–H groups in total. The summed E-state index contributed by atoms with van der Waals surface area (Å²) in [4.78, 5) is 24.9. The van der Waals surface area contributed by atoms with Crippen LogP contribution in [0, 0.1) is 5.82 Å². The van der Waals surface area contributed by atoms with E-state index in [0.717, 1.165) is 4.90 Å². The predicted molar refractivity (Wildman–Crippen MR) is 63.9 cm³/mol. The van der Waals surface area contributed by atoms with Crippen molar-refractivity contribution in [2.75, 3.05) is 13.7 Å². The van der Waals surface area contributed by atoms with E-state index in [2.05, 4.69) is 4.74 Å². The Balaban J connectivity index is 2.27. The van der Waals surface area contributed by atoms with Crippen molar-refractivity contribution in [3.05, 3.63) is 35.6 Å². The summed E-state index contributed by atoms with van der Waals surface area (Å²) < 4.78 is 18.2. The Kier molecular flexibility index (Phi) is 3.80. The number of esters is 1. The van der Waals surface area contributed by atoms with Crippen LogP contribution in [0.4, 0.5) is 4.39 Å². The average molecular weight is 267 g/mol. The molecule has 1 aliphatic rings. The Morgan fingerprint density at radius 3 is 2.74 bits per heavy atom. The van der Waals surface area contributed by atoms with Gasteiger partial charge in [0, 0.05) is 13.0 Å². The molecule has 1 aromatic rings. The summed E-state index contributed by atoms with van der Waals surface area (Å²) in [6.07, 6.45) is -0.702. The number of β-amino-alcohol motifs (C(OH)–C–C–N with tert-alkyl or cyclic N) is 1. The number of halogens is 1. The van der Waals surface area contributed by atoms with Crippen LogP contribution < -0.4 is 0 Å². The molecule has 0 spiro atoms. The lowest BCUT2D eigenvalue weighted by Gasteiger charge is -2.22. The summed E-state index contributed by atoms with van der Waals surface area (Å²) in [7, 11) is 1.21. The molecular weight excluding hydrogens is 253 g/mol. The highest BCUT2D eigenvalue weighted by Crippen LogP contribution is 2.22. The van der Waals surface area contributed by atoms with E-state index in [1.54, 1.807) is 0 Å².